The molecular weight excluding hydrogens is 360 g/mol. The molecule has 1 aromatic heterocycles. The first-order chi connectivity index (χ1) is 12.0. The molecule has 1 aliphatic rings. The fourth-order valence-corrected chi connectivity index (χ4v) is 4.85. The maximum absolute atomic E-state index is 13.0. The van der Waals surface area contributed by atoms with Gasteiger partial charge in [0.05, 0.1) is 12.0 Å². The molecule has 0 atom stereocenters. The lowest BCUT2D eigenvalue weighted by Crippen LogP contribution is -2.35. The van der Waals surface area contributed by atoms with Gasteiger partial charge in [0.1, 0.15) is 5.75 Å². The summed E-state index contributed by atoms with van der Waals surface area (Å²) >= 11 is 6.05. The number of fused-ring (bicyclic) bond motifs is 3. The van der Waals surface area contributed by atoms with E-state index in [2.05, 4.69) is 4.98 Å². The van der Waals surface area contributed by atoms with Crippen molar-refractivity contribution in [2.24, 2.45) is 0 Å². The summed E-state index contributed by atoms with van der Waals surface area (Å²) in [4.78, 5) is 3.64. The molecule has 1 aliphatic heterocycles. The third-order valence-electron chi connectivity index (χ3n) is 4.60. The molecule has 3 aromatic rings. The molecular formula is C18H17ClN2O3S. The third kappa shape index (κ3) is 2.80. The molecule has 0 bridgehead atoms. The van der Waals surface area contributed by atoms with E-state index in [1.54, 1.807) is 31.4 Å². The van der Waals surface area contributed by atoms with Crippen LogP contribution in [-0.4, -0.2) is 31.4 Å². The van der Waals surface area contributed by atoms with E-state index < -0.39 is 10.0 Å². The zero-order chi connectivity index (χ0) is 17.6. The summed E-state index contributed by atoms with van der Waals surface area (Å²) in [6.45, 7) is 0.799. The van der Waals surface area contributed by atoms with Crippen molar-refractivity contribution in [2.75, 3.05) is 13.7 Å². The van der Waals surface area contributed by atoms with Crippen molar-refractivity contribution < 1.29 is 13.2 Å². The molecule has 0 aliphatic carbocycles. The highest BCUT2D eigenvalue weighted by atomic mass is 35.5. The minimum Gasteiger partial charge on any atom is -0.497 e. The SMILES string of the molecule is COc1ccc(S(=O)(=O)N2CCc3[nH]c4cc(Cl)ccc4c3C2)cc1. The number of halogens is 1. The van der Waals surface area contributed by atoms with Gasteiger partial charge in [-0.2, -0.15) is 4.31 Å². The molecule has 0 amide bonds. The number of ether oxygens (including phenoxy) is 1. The third-order valence-corrected chi connectivity index (χ3v) is 6.69. The number of nitrogens with one attached hydrogen (secondary N) is 1. The van der Waals surface area contributed by atoms with Crippen molar-refractivity contribution in [1.82, 2.24) is 9.29 Å². The van der Waals surface area contributed by atoms with E-state index in [0.29, 0.717) is 30.3 Å². The van der Waals surface area contributed by atoms with E-state index in [0.717, 1.165) is 22.2 Å². The molecule has 5 nitrogen and oxygen atoms in total. The average molecular weight is 377 g/mol. The van der Waals surface area contributed by atoms with Crippen molar-refractivity contribution in [2.45, 2.75) is 17.9 Å². The molecule has 25 heavy (non-hydrogen) atoms. The van der Waals surface area contributed by atoms with Crippen LogP contribution in [0.2, 0.25) is 5.02 Å². The first kappa shape index (κ1) is 16.4. The largest absolute Gasteiger partial charge is 0.497 e. The molecule has 4 rings (SSSR count). The van der Waals surface area contributed by atoms with Crippen molar-refractivity contribution in [1.29, 1.82) is 0 Å². The molecule has 0 saturated carbocycles. The molecule has 2 aromatic carbocycles. The van der Waals surface area contributed by atoms with Crippen LogP contribution < -0.4 is 4.74 Å². The number of H-pyrrole nitrogens is 1. The van der Waals surface area contributed by atoms with Gasteiger partial charge in [-0.05, 0) is 42.0 Å². The number of aromatic nitrogens is 1. The van der Waals surface area contributed by atoms with E-state index in [9.17, 15) is 8.42 Å². The highest BCUT2D eigenvalue weighted by Gasteiger charge is 2.30. The highest BCUT2D eigenvalue weighted by molar-refractivity contribution is 7.89. The standard InChI is InChI=1S/C18H17ClN2O3S/c1-24-13-3-5-14(6-4-13)25(22,23)21-9-8-17-16(11-21)15-7-2-12(19)10-18(15)20-17/h2-7,10,20H,8-9,11H2,1H3. The molecule has 0 unspecified atom stereocenters. The van der Waals surface area contributed by atoms with Gasteiger partial charge in [0.25, 0.3) is 0 Å². The second kappa shape index (κ2) is 6.05. The lowest BCUT2D eigenvalue weighted by molar-refractivity contribution is 0.391. The molecule has 0 fully saturated rings. The number of benzene rings is 2. The number of sulfonamides is 1. The fraction of sp³-hybridized carbons (Fsp3) is 0.222. The minimum atomic E-state index is -3.55. The highest BCUT2D eigenvalue weighted by Crippen LogP contribution is 2.32. The molecule has 1 N–H and O–H groups in total. The maximum Gasteiger partial charge on any atom is 0.243 e. The minimum absolute atomic E-state index is 0.277. The number of hydrogen-bond acceptors (Lipinski definition) is 3. The van der Waals surface area contributed by atoms with Gasteiger partial charge in [-0.25, -0.2) is 8.42 Å². The second-order valence-electron chi connectivity index (χ2n) is 6.04. The van der Waals surface area contributed by atoms with Gasteiger partial charge in [0.2, 0.25) is 10.0 Å². The van der Waals surface area contributed by atoms with Crippen LogP contribution in [0, 0.1) is 0 Å². The summed E-state index contributed by atoms with van der Waals surface area (Å²) in [5, 5.41) is 1.68. The molecule has 0 radical (unpaired) electrons. The topological polar surface area (TPSA) is 62.4 Å². The van der Waals surface area contributed by atoms with Gasteiger partial charge in [0.15, 0.2) is 0 Å². The van der Waals surface area contributed by atoms with E-state index in [1.807, 2.05) is 18.2 Å². The first-order valence-electron chi connectivity index (χ1n) is 7.92. The van der Waals surface area contributed by atoms with Crippen LogP contribution in [0.25, 0.3) is 10.9 Å². The Morgan fingerprint density at radius 1 is 1.16 bits per heavy atom. The van der Waals surface area contributed by atoms with E-state index in [-0.39, 0.29) is 4.90 Å². The summed E-state index contributed by atoms with van der Waals surface area (Å²) in [6, 6.07) is 12.1. The lowest BCUT2D eigenvalue weighted by Gasteiger charge is -2.26. The van der Waals surface area contributed by atoms with Crippen molar-refractivity contribution >= 4 is 32.5 Å². The summed E-state index contributed by atoms with van der Waals surface area (Å²) in [7, 11) is -1.99. The first-order valence-corrected chi connectivity index (χ1v) is 9.74. The van der Waals surface area contributed by atoms with E-state index >= 15 is 0 Å². The van der Waals surface area contributed by atoms with Gasteiger partial charge in [-0.15, -0.1) is 0 Å². The maximum atomic E-state index is 13.0. The predicted molar refractivity (Wildman–Crippen MR) is 97.6 cm³/mol. The molecule has 130 valence electrons. The average Bonchev–Trinajstić information content (AvgIpc) is 2.98. The number of hydrogen-bond donors (Lipinski definition) is 1. The Morgan fingerprint density at radius 3 is 2.64 bits per heavy atom. The van der Waals surface area contributed by atoms with Gasteiger partial charge in [-0.1, -0.05) is 17.7 Å². The number of methoxy groups -OCH3 is 1. The zero-order valence-corrected chi connectivity index (χ0v) is 15.2. The van der Waals surface area contributed by atoms with Crippen LogP contribution in [0.4, 0.5) is 0 Å². The number of rotatable bonds is 3. The van der Waals surface area contributed by atoms with Gasteiger partial charge < -0.3 is 9.72 Å². The smallest absolute Gasteiger partial charge is 0.243 e. The second-order valence-corrected chi connectivity index (χ2v) is 8.41. The van der Waals surface area contributed by atoms with E-state index in [1.165, 1.54) is 4.31 Å². The fourth-order valence-electron chi connectivity index (χ4n) is 3.27. The number of nitrogens with zero attached hydrogens (tertiary/aromatic N) is 1. The van der Waals surface area contributed by atoms with Crippen LogP contribution in [0.5, 0.6) is 5.75 Å². The quantitative estimate of drug-likeness (QED) is 0.760. The molecule has 2 heterocycles. The monoisotopic (exact) mass is 376 g/mol. The Bertz CT molecular complexity index is 1040. The van der Waals surface area contributed by atoms with Crippen LogP contribution in [0.15, 0.2) is 47.4 Å². The normalized spacial score (nSPS) is 15.3. The summed E-state index contributed by atoms with van der Waals surface area (Å²) in [6.07, 6.45) is 0.650. The molecule has 7 heteroatoms. The summed E-state index contributed by atoms with van der Waals surface area (Å²) in [5.74, 6) is 0.633. The Hall–Kier alpha value is -2.02. The van der Waals surface area contributed by atoms with Gasteiger partial charge >= 0.3 is 0 Å². The Labute approximate surface area is 151 Å². The predicted octanol–water partition coefficient (Wildman–Crippen LogP) is 3.58. The van der Waals surface area contributed by atoms with E-state index in [4.69, 9.17) is 16.3 Å². The van der Waals surface area contributed by atoms with Crippen LogP contribution in [-0.2, 0) is 23.0 Å². The van der Waals surface area contributed by atoms with Crippen molar-refractivity contribution in [3.05, 3.63) is 58.7 Å². The van der Waals surface area contributed by atoms with Crippen LogP contribution in [0.1, 0.15) is 11.3 Å². The van der Waals surface area contributed by atoms with Gasteiger partial charge in [0, 0.05) is 41.1 Å². The Morgan fingerprint density at radius 2 is 1.92 bits per heavy atom. The van der Waals surface area contributed by atoms with Crippen molar-refractivity contribution in [3.8, 4) is 5.75 Å². The molecule has 0 spiro atoms. The van der Waals surface area contributed by atoms with Crippen molar-refractivity contribution in [3.63, 3.8) is 0 Å². The lowest BCUT2D eigenvalue weighted by atomic mass is 10.1. The zero-order valence-electron chi connectivity index (χ0n) is 13.6. The summed E-state index contributed by atoms with van der Waals surface area (Å²) in [5.41, 5.74) is 3.05. The Kier molecular flexibility index (Phi) is 3.98. The summed E-state index contributed by atoms with van der Waals surface area (Å²) < 4.78 is 32.5. The Balaban J connectivity index is 1.70. The van der Waals surface area contributed by atoms with Crippen LogP contribution in [0.3, 0.4) is 0 Å². The molecule has 0 saturated heterocycles. The van der Waals surface area contributed by atoms with Gasteiger partial charge in [-0.3, -0.25) is 0 Å². The number of aromatic amines is 1. The van der Waals surface area contributed by atoms with Crippen LogP contribution >= 0.6 is 11.6 Å².